The standard InChI is InChI=1S/C11H11Cl3/c1-6-2-3-9(13)8-4-7(12)5-10(14)11(6)8/h4-6,9H,2-3H2,1H3. The molecule has 1 aliphatic rings. The molecule has 1 aliphatic carbocycles. The smallest absolute Gasteiger partial charge is 0.0589 e. The summed E-state index contributed by atoms with van der Waals surface area (Å²) in [5.74, 6) is 0.491. The van der Waals surface area contributed by atoms with Crippen LogP contribution in [0, 0.1) is 0 Å². The number of hydrogen-bond acceptors (Lipinski definition) is 0. The van der Waals surface area contributed by atoms with Crippen molar-refractivity contribution in [3.05, 3.63) is 33.3 Å². The van der Waals surface area contributed by atoms with Gasteiger partial charge in [-0.3, -0.25) is 0 Å². The van der Waals surface area contributed by atoms with E-state index in [0.29, 0.717) is 10.9 Å². The first-order chi connectivity index (χ1) is 6.59. The maximum Gasteiger partial charge on any atom is 0.0589 e. The third-order valence-corrected chi connectivity index (χ3v) is 3.79. The molecule has 0 aliphatic heterocycles. The van der Waals surface area contributed by atoms with E-state index >= 15 is 0 Å². The second-order valence-electron chi connectivity index (χ2n) is 3.84. The Morgan fingerprint density at radius 3 is 2.64 bits per heavy atom. The maximum atomic E-state index is 6.24. The van der Waals surface area contributed by atoms with E-state index in [-0.39, 0.29) is 5.38 Å². The van der Waals surface area contributed by atoms with Crippen LogP contribution >= 0.6 is 34.8 Å². The van der Waals surface area contributed by atoms with Crippen LogP contribution in [-0.4, -0.2) is 0 Å². The van der Waals surface area contributed by atoms with Gasteiger partial charge in [0.15, 0.2) is 0 Å². The predicted molar refractivity (Wildman–Crippen MR) is 62.7 cm³/mol. The van der Waals surface area contributed by atoms with E-state index in [1.54, 1.807) is 6.07 Å². The summed E-state index contributed by atoms with van der Waals surface area (Å²) in [6.45, 7) is 2.18. The van der Waals surface area contributed by atoms with Gasteiger partial charge in [0, 0.05) is 10.0 Å². The molecule has 0 amide bonds. The SMILES string of the molecule is CC1CCC(Cl)c2cc(Cl)cc(Cl)c21. The molecule has 0 saturated heterocycles. The molecule has 2 rings (SSSR count). The summed E-state index contributed by atoms with van der Waals surface area (Å²) in [7, 11) is 0. The Balaban J connectivity index is 2.60. The zero-order chi connectivity index (χ0) is 10.3. The molecule has 0 bridgehead atoms. The van der Waals surface area contributed by atoms with Crippen molar-refractivity contribution < 1.29 is 0 Å². The molecule has 0 heterocycles. The van der Waals surface area contributed by atoms with Crippen LogP contribution in [-0.2, 0) is 0 Å². The summed E-state index contributed by atoms with van der Waals surface area (Å²) < 4.78 is 0. The van der Waals surface area contributed by atoms with E-state index in [9.17, 15) is 0 Å². The third kappa shape index (κ3) is 1.76. The zero-order valence-electron chi connectivity index (χ0n) is 7.86. The van der Waals surface area contributed by atoms with Gasteiger partial charge in [-0.05, 0) is 42.0 Å². The van der Waals surface area contributed by atoms with Crippen molar-refractivity contribution in [1.29, 1.82) is 0 Å². The Hall–Kier alpha value is 0.0900. The molecule has 0 radical (unpaired) electrons. The van der Waals surface area contributed by atoms with Gasteiger partial charge in [0.05, 0.1) is 5.38 Å². The van der Waals surface area contributed by atoms with Crippen molar-refractivity contribution in [2.75, 3.05) is 0 Å². The molecule has 14 heavy (non-hydrogen) atoms. The molecule has 0 nitrogen and oxygen atoms in total. The molecule has 0 fully saturated rings. The van der Waals surface area contributed by atoms with Gasteiger partial charge in [-0.15, -0.1) is 11.6 Å². The summed E-state index contributed by atoms with van der Waals surface area (Å²) in [5.41, 5.74) is 2.30. The molecule has 1 aromatic rings. The lowest BCUT2D eigenvalue weighted by atomic mass is 9.84. The Kier molecular flexibility index (Phi) is 2.97. The van der Waals surface area contributed by atoms with Crippen molar-refractivity contribution in [2.24, 2.45) is 0 Å². The first-order valence-electron chi connectivity index (χ1n) is 4.72. The van der Waals surface area contributed by atoms with Crippen molar-refractivity contribution in [3.63, 3.8) is 0 Å². The Bertz CT molecular complexity index is 360. The fraction of sp³-hybridized carbons (Fsp3) is 0.455. The highest BCUT2D eigenvalue weighted by atomic mass is 35.5. The lowest BCUT2D eigenvalue weighted by Crippen LogP contribution is -2.09. The van der Waals surface area contributed by atoms with Gasteiger partial charge in [0.2, 0.25) is 0 Å². The highest BCUT2D eigenvalue weighted by molar-refractivity contribution is 6.35. The molecule has 0 N–H and O–H groups in total. The zero-order valence-corrected chi connectivity index (χ0v) is 10.1. The van der Waals surface area contributed by atoms with Gasteiger partial charge < -0.3 is 0 Å². The average molecular weight is 250 g/mol. The number of rotatable bonds is 0. The number of alkyl halides is 1. The highest BCUT2D eigenvalue weighted by Gasteiger charge is 2.25. The molecule has 0 saturated carbocycles. The van der Waals surface area contributed by atoms with E-state index in [0.717, 1.165) is 23.4 Å². The third-order valence-electron chi connectivity index (χ3n) is 2.81. The first-order valence-corrected chi connectivity index (χ1v) is 5.91. The molecule has 3 heteroatoms. The number of halogens is 3. The molecule has 0 spiro atoms. The quantitative estimate of drug-likeness (QED) is 0.556. The minimum Gasteiger partial charge on any atom is -0.118 e. The van der Waals surface area contributed by atoms with Crippen LogP contribution in [0.5, 0.6) is 0 Å². The Morgan fingerprint density at radius 2 is 1.93 bits per heavy atom. The van der Waals surface area contributed by atoms with E-state index in [4.69, 9.17) is 34.8 Å². The normalized spacial score (nSPS) is 26.0. The largest absolute Gasteiger partial charge is 0.118 e. The highest BCUT2D eigenvalue weighted by Crippen LogP contribution is 2.44. The minimum absolute atomic E-state index is 0.0670. The van der Waals surface area contributed by atoms with E-state index < -0.39 is 0 Å². The predicted octanol–water partition coefficient (Wildman–Crippen LogP) is 5.17. The Morgan fingerprint density at radius 1 is 1.21 bits per heavy atom. The van der Waals surface area contributed by atoms with Gasteiger partial charge in [0.25, 0.3) is 0 Å². The fourth-order valence-electron chi connectivity index (χ4n) is 2.08. The molecule has 1 aromatic carbocycles. The van der Waals surface area contributed by atoms with Gasteiger partial charge >= 0.3 is 0 Å². The van der Waals surface area contributed by atoms with Crippen LogP contribution in [0.3, 0.4) is 0 Å². The van der Waals surface area contributed by atoms with Gasteiger partial charge in [0.1, 0.15) is 0 Å². The Labute approximate surface area is 99.2 Å². The number of benzene rings is 1. The monoisotopic (exact) mass is 248 g/mol. The first kappa shape index (κ1) is 10.6. The minimum atomic E-state index is 0.0670. The molecule has 76 valence electrons. The van der Waals surface area contributed by atoms with Gasteiger partial charge in [-0.1, -0.05) is 30.1 Å². The molecule has 2 atom stereocenters. The lowest BCUT2D eigenvalue weighted by Gasteiger charge is -2.27. The van der Waals surface area contributed by atoms with E-state index in [1.807, 2.05) is 6.07 Å². The van der Waals surface area contributed by atoms with Crippen molar-refractivity contribution in [2.45, 2.75) is 31.1 Å². The van der Waals surface area contributed by atoms with Crippen LogP contribution in [0.15, 0.2) is 12.1 Å². The second kappa shape index (κ2) is 3.92. The topological polar surface area (TPSA) is 0 Å². The maximum absolute atomic E-state index is 6.24. The van der Waals surface area contributed by atoms with Crippen LogP contribution in [0.2, 0.25) is 10.0 Å². The van der Waals surface area contributed by atoms with Crippen molar-refractivity contribution in [1.82, 2.24) is 0 Å². The van der Waals surface area contributed by atoms with Crippen LogP contribution in [0.1, 0.15) is 42.2 Å². The summed E-state index contributed by atoms with van der Waals surface area (Å²) >= 11 is 18.4. The molecule has 0 aromatic heterocycles. The van der Waals surface area contributed by atoms with E-state index in [2.05, 4.69) is 6.92 Å². The van der Waals surface area contributed by atoms with Gasteiger partial charge in [-0.2, -0.15) is 0 Å². The van der Waals surface area contributed by atoms with Crippen molar-refractivity contribution in [3.8, 4) is 0 Å². The van der Waals surface area contributed by atoms with Crippen LogP contribution in [0.25, 0.3) is 0 Å². The summed E-state index contributed by atoms with van der Waals surface area (Å²) in [6, 6.07) is 3.74. The molecule has 2 unspecified atom stereocenters. The lowest BCUT2D eigenvalue weighted by molar-refractivity contribution is 0.579. The summed E-state index contributed by atoms with van der Waals surface area (Å²) in [4.78, 5) is 0. The average Bonchev–Trinajstić information content (AvgIpc) is 2.10. The van der Waals surface area contributed by atoms with Crippen LogP contribution < -0.4 is 0 Å². The van der Waals surface area contributed by atoms with E-state index in [1.165, 1.54) is 5.56 Å². The van der Waals surface area contributed by atoms with Gasteiger partial charge in [-0.25, -0.2) is 0 Å². The molecular formula is C11H11Cl3. The van der Waals surface area contributed by atoms with Crippen LogP contribution in [0.4, 0.5) is 0 Å². The summed E-state index contributed by atoms with van der Waals surface area (Å²) in [6.07, 6.45) is 2.11. The molecular weight excluding hydrogens is 238 g/mol. The number of fused-ring (bicyclic) bond motifs is 1. The second-order valence-corrected chi connectivity index (χ2v) is 5.21. The fourth-order valence-corrected chi connectivity index (χ4v) is 3.08. The summed E-state index contributed by atoms with van der Waals surface area (Å²) in [5, 5.41) is 1.50. The number of hydrogen-bond donors (Lipinski definition) is 0. The van der Waals surface area contributed by atoms with Crippen molar-refractivity contribution >= 4 is 34.8 Å².